The van der Waals surface area contributed by atoms with Crippen molar-refractivity contribution in [3.63, 3.8) is 0 Å². The fourth-order valence-corrected chi connectivity index (χ4v) is 1.15. The van der Waals surface area contributed by atoms with Crippen molar-refractivity contribution in [3.8, 4) is 0 Å². The number of methoxy groups -OCH3 is 1. The van der Waals surface area contributed by atoms with Gasteiger partial charge in [0.25, 0.3) is 0 Å². The minimum Gasteiger partial charge on any atom is -0.388 e. The molecule has 0 aliphatic rings. The quantitative estimate of drug-likeness (QED) is 0.809. The van der Waals surface area contributed by atoms with E-state index in [1.165, 1.54) is 7.11 Å². The predicted molar refractivity (Wildman–Crippen MR) is 47.8 cm³/mol. The van der Waals surface area contributed by atoms with Gasteiger partial charge in [0, 0.05) is 25.7 Å². The maximum absolute atomic E-state index is 13.1. The molecule has 0 saturated carbocycles. The van der Waals surface area contributed by atoms with E-state index in [0.29, 0.717) is 6.61 Å². The zero-order valence-corrected chi connectivity index (χ0v) is 7.84. The van der Waals surface area contributed by atoms with Crippen LogP contribution in [-0.4, -0.2) is 18.8 Å². The Balaban J connectivity index is 2.77. The average Bonchev–Trinajstić information content (AvgIpc) is 2.18. The molecule has 0 fully saturated rings. The highest BCUT2D eigenvalue weighted by Gasteiger charge is 2.13. The number of aliphatic hydroxyl groups excluding tert-OH is 1. The Bertz CT molecular complexity index is 302. The van der Waals surface area contributed by atoms with E-state index in [1.807, 2.05) is 0 Å². The highest BCUT2D eigenvalue weighted by molar-refractivity contribution is 5.20. The number of rotatable bonds is 4. The topological polar surface area (TPSA) is 29.5 Å². The number of hydrogen-bond donors (Lipinski definition) is 1. The van der Waals surface area contributed by atoms with Crippen LogP contribution in [0.25, 0.3) is 0 Å². The lowest BCUT2D eigenvalue weighted by Gasteiger charge is -2.11. The van der Waals surface area contributed by atoms with Crippen molar-refractivity contribution in [1.82, 2.24) is 0 Å². The summed E-state index contributed by atoms with van der Waals surface area (Å²) in [6.07, 6.45) is -0.776. The highest BCUT2D eigenvalue weighted by Crippen LogP contribution is 2.20. The molecule has 1 aromatic rings. The largest absolute Gasteiger partial charge is 0.388 e. The summed E-state index contributed by atoms with van der Waals surface area (Å²) in [6, 6.07) is 3.01. The van der Waals surface area contributed by atoms with Gasteiger partial charge in [-0.25, -0.2) is 8.78 Å². The van der Waals surface area contributed by atoms with Gasteiger partial charge in [0.05, 0.1) is 6.10 Å². The molecular formula is C10H12F2O2. The predicted octanol–water partition coefficient (Wildman–Crippen LogP) is 2.03. The first-order valence-corrected chi connectivity index (χ1v) is 4.27. The van der Waals surface area contributed by atoms with Gasteiger partial charge in [-0.05, 0) is 18.2 Å². The lowest BCUT2D eigenvalue weighted by molar-refractivity contribution is 0.108. The van der Waals surface area contributed by atoms with E-state index in [0.717, 1.165) is 18.2 Å². The van der Waals surface area contributed by atoms with Gasteiger partial charge < -0.3 is 9.84 Å². The minimum atomic E-state index is -1.02. The number of aliphatic hydroxyl groups is 1. The smallest absolute Gasteiger partial charge is 0.129 e. The Morgan fingerprint density at radius 1 is 1.43 bits per heavy atom. The Morgan fingerprint density at radius 2 is 2.14 bits per heavy atom. The third kappa shape index (κ3) is 2.75. The molecule has 4 heteroatoms. The standard InChI is InChI=1S/C10H12F2O2/c1-14-5-4-10(13)8-6-7(11)2-3-9(8)12/h2-3,6,10,13H,4-5H2,1H3. The first-order valence-electron chi connectivity index (χ1n) is 4.27. The summed E-state index contributed by atoms with van der Waals surface area (Å²) in [4.78, 5) is 0. The molecule has 0 bridgehead atoms. The molecule has 1 aromatic carbocycles. The maximum Gasteiger partial charge on any atom is 0.129 e. The van der Waals surface area contributed by atoms with Crippen LogP contribution >= 0.6 is 0 Å². The normalized spacial score (nSPS) is 12.9. The van der Waals surface area contributed by atoms with Crippen LogP contribution in [0, 0.1) is 11.6 Å². The molecule has 0 aromatic heterocycles. The van der Waals surface area contributed by atoms with Gasteiger partial charge in [-0.1, -0.05) is 0 Å². The SMILES string of the molecule is COCCC(O)c1cc(F)ccc1F. The molecule has 78 valence electrons. The Kier molecular flexibility index (Phi) is 3.98. The second-order valence-corrected chi connectivity index (χ2v) is 2.96. The highest BCUT2D eigenvalue weighted by atomic mass is 19.1. The Morgan fingerprint density at radius 3 is 2.79 bits per heavy atom. The third-order valence-electron chi connectivity index (χ3n) is 1.91. The van der Waals surface area contributed by atoms with Crippen LogP contribution in [0.15, 0.2) is 18.2 Å². The number of halogens is 2. The van der Waals surface area contributed by atoms with E-state index in [-0.39, 0.29) is 12.0 Å². The first kappa shape index (κ1) is 11.1. The average molecular weight is 202 g/mol. The molecule has 2 nitrogen and oxygen atoms in total. The molecule has 1 unspecified atom stereocenters. The van der Waals surface area contributed by atoms with Crippen LogP contribution in [0.4, 0.5) is 8.78 Å². The van der Waals surface area contributed by atoms with Crippen LogP contribution in [0.5, 0.6) is 0 Å². The fourth-order valence-electron chi connectivity index (χ4n) is 1.15. The van der Waals surface area contributed by atoms with Gasteiger partial charge >= 0.3 is 0 Å². The third-order valence-corrected chi connectivity index (χ3v) is 1.91. The molecule has 1 atom stereocenters. The van der Waals surface area contributed by atoms with Crippen molar-refractivity contribution in [2.45, 2.75) is 12.5 Å². The van der Waals surface area contributed by atoms with Crippen LogP contribution in [-0.2, 0) is 4.74 Å². The molecule has 1 rings (SSSR count). The van der Waals surface area contributed by atoms with Gasteiger partial charge in [-0.3, -0.25) is 0 Å². The molecule has 1 N–H and O–H groups in total. The summed E-state index contributed by atoms with van der Waals surface area (Å²) in [5.41, 5.74) is -0.0259. The van der Waals surface area contributed by atoms with E-state index < -0.39 is 17.7 Å². The van der Waals surface area contributed by atoms with E-state index in [2.05, 4.69) is 0 Å². The monoisotopic (exact) mass is 202 g/mol. The van der Waals surface area contributed by atoms with Gasteiger partial charge in [0.15, 0.2) is 0 Å². The molecule has 0 amide bonds. The second-order valence-electron chi connectivity index (χ2n) is 2.96. The fraction of sp³-hybridized carbons (Fsp3) is 0.400. The molecule has 0 saturated heterocycles. The number of hydrogen-bond acceptors (Lipinski definition) is 2. The lowest BCUT2D eigenvalue weighted by atomic mass is 10.1. The molecule has 0 radical (unpaired) electrons. The van der Waals surface area contributed by atoms with E-state index in [1.54, 1.807) is 0 Å². The van der Waals surface area contributed by atoms with Crippen molar-refractivity contribution in [3.05, 3.63) is 35.4 Å². The summed E-state index contributed by atoms with van der Waals surface area (Å²) in [5.74, 6) is -1.16. The summed E-state index contributed by atoms with van der Waals surface area (Å²) in [5, 5.41) is 9.47. The number of ether oxygens (including phenoxy) is 1. The maximum atomic E-state index is 13.1. The first-order chi connectivity index (χ1) is 6.65. The van der Waals surface area contributed by atoms with Crippen LogP contribution < -0.4 is 0 Å². The van der Waals surface area contributed by atoms with E-state index >= 15 is 0 Å². The lowest BCUT2D eigenvalue weighted by Crippen LogP contribution is -2.04. The summed E-state index contributed by atoms with van der Waals surface area (Å²) in [7, 11) is 1.48. The molecule has 0 spiro atoms. The number of benzene rings is 1. The minimum absolute atomic E-state index is 0.0259. The Hall–Kier alpha value is -1.00. The summed E-state index contributed by atoms with van der Waals surface area (Å²) < 4.78 is 30.5. The van der Waals surface area contributed by atoms with Gasteiger partial charge in [-0.2, -0.15) is 0 Å². The van der Waals surface area contributed by atoms with Gasteiger partial charge in [0.1, 0.15) is 11.6 Å². The van der Waals surface area contributed by atoms with Crippen molar-refractivity contribution >= 4 is 0 Å². The molecule has 0 heterocycles. The van der Waals surface area contributed by atoms with Crippen molar-refractivity contribution in [2.75, 3.05) is 13.7 Å². The van der Waals surface area contributed by atoms with E-state index in [9.17, 15) is 13.9 Å². The zero-order valence-electron chi connectivity index (χ0n) is 7.84. The Labute approximate surface area is 81.1 Å². The zero-order chi connectivity index (χ0) is 10.6. The van der Waals surface area contributed by atoms with Gasteiger partial charge in [-0.15, -0.1) is 0 Å². The van der Waals surface area contributed by atoms with Crippen LogP contribution in [0.2, 0.25) is 0 Å². The van der Waals surface area contributed by atoms with Crippen LogP contribution in [0.1, 0.15) is 18.1 Å². The molecule has 14 heavy (non-hydrogen) atoms. The van der Waals surface area contributed by atoms with Gasteiger partial charge in [0.2, 0.25) is 0 Å². The second kappa shape index (κ2) is 5.02. The summed E-state index contributed by atoms with van der Waals surface area (Å²) in [6.45, 7) is 0.303. The van der Waals surface area contributed by atoms with Crippen molar-refractivity contribution < 1.29 is 18.6 Å². The van der Waals surface area contributed by atoms with Crippen molar-refractivity contribution in [2.24, 2.45) is 0 Å². The van der Waals surface area contributed by atoms with Crippen molar-refractivity contribution in [1.29, 1.82) is 0 Å². The van der Waals surface area contributed by atoms with Crippen LogP contribution in [0.3, 0.4) is 0 Å². The van der Waals surface area contributed by atoms with E-state index in [4.69, 9.17) is 4.74 Å². The molecule has 0 aliphatic carbocycles. The molecule has 0 aliphatic heterocycles. The summed E-state index contributed by atoms with van der Waals surface area (Å²) >= 11 is 0. The molecular weight excluding hydrogens is 190 g/mol.